The van der Waals surface area contributed by atoms with Crippen LogP contribution in [0.25, 0.3) is 0 Å². The molecule has 5 heteroatoms. The minimum atomic E-state index is -3.89. The topological polar surface area (TPSA) is 57.5 Å². The molecule has 0 saturated carbocycles. The second-order valence-corrected chi connectivity index (χ2v) is 14.1. The van der Waals surface area contributed by atoms with Crippen molar-refractivity contribution in [2.45, 2.75) is 85.2 Å². The lowest BCUT2D eigenvalue weighted by Gasteiger charge is -2.28. The van der Waals surface area contributed by atoms with Crippen LogP contribution >= 0.6 is 14.9 Å². The summed E-state index contributed by atoms with van der Waals surface area (Å²) >= 11 is 0. The number of rotatable bonds is 14. The molecule has 28 heavy (non-hydrogen) atoms. The predicted octanol–water partition coefficient (Wildman–Crippen LogP) is 7.57. The second kappa shape index (κ2) is 16.6. The minimum Gasteiger partial charge on any atom is -0.324 e. The van der Waals surface area contributed by atoms with Gasteiger partial charge in [-0.2, -0.15) is 0 Å². The molecule has 0 aliphatic carbocycles. The molecule has 0 atom stereocenters. The summed E-state index contributed by atoms with van der Waals surface area (Å²) in [5.74, 6) is 0. The van der Waals surface area contributed by atoms with Gasteiger partial charge in [0.05, 0.1) is 30.8 Å². The summed E-state index contributed by atoms with van der Waals surface area (Å²) in [6.07, 6.45) is 17.8. The number of hydrogen-bond donors (Lipinski definition) is 2. The molecule has 0 heterocycles. The molecule has 0 bridgehead atoms. The zero-order valence-corrected chi connectivity index (χ0v) is 20.6. The van der Waals surface area contributed by atoms with Crippen LogP contribution in [0.3, 0.4) is 0 Å². The molecule has 0 aromatic heterocycles. The molecule has 0 radical (unpaired) electrons. The highest BCUT2D eigenvalue weighted by atomic mass is 31.2. The molecule has 0 spiro atoms. The van der Waals surface area contributed by atoms with Crippen LogP contribution in [0.5, 0.6) is 0 Å². The molecule has 0 unspecified atom stereocenters. The van der Waals surface area contributed by atoms with Crippen LogP contribution in [0.4, 0.5) is 0 Å². The normalized spacial score (nSPS) is 11.8. The third-order valence-corrected chi connectivity index (χ3v) is 11.0. The largest absolute Gasteiger partial charge is 0.329 e. The highest BCUT2D eigenvalue weighted by Crippen LogP contribution is 2.61. The Kier molecular flexibility index (Phi) is 16.5. The average Bonchev–Trinajstić information content (AvgIpc) is 2.67. The van der Waals surface area contributed by atoms with Gasteiger partial charge in [-0.15, -0.1) is 0 Å². The summed E-state index contributed by atoms with van der Waals surface area (Å²) < 4.78 is 10.5. The fourth-order valence-corrected chi connectivity index (χ4v) is 9.44. The van der Waals surface area contributed by atoms with Gasteiger partial charge >= 0.3 is 7.60 Å². The lowest BCUT2D eigenvalue weighted by molar-refractivity contribution is 0.371. The van der Waals surface area contributed by atoms with Crippen molar-refractivity contribution in [3.63, 3.8) is 0 Å². The quantitative estimate of drug-likeness (QED) is 0.299. The first kappa shape index (κ1) is 27.8. The summed E-state index contributed by atoms with van der Waals surface area (Å²) in [6.45, 7) is 9.42. The first-order valence-corrected chi connectivity index (χ1v) is 15.6. The van der Waals surface area contributed by atoms with Crippen molar-refractivity contribution in [1.29, 1.82) is 0 Å². The third-order valence-electron chi connectivity index (χ3n) is 5.18. The number of unbranched alkanes of at least 4 members (excludes halogenated alkanes) is 4. The van der Waals surface area contributed by atoms with Crippen molar-refractivity contribution in [3.05, 3.63) is 35.9 Å². The maximum Gasteiger partial charge on any atom is 0.329 e. The summed E-state index contributed by atoms with van der Waals surface area (Å²) in [5, 5.41) is 0. The molecule has 1 aromatic carbocycles. The first-order chi connectivity index (χ1) is 13.3. The second-order valence-electron chi connectivity index (χ2n) is 7.96. The smallest absolute Gasteiger partial charge is 0.324 e. The van der Waals surface area contributed by atoms with Gasteiger partial charge in [-0.3, -0.25) is 4.57 Å². The van der Waals surface area contributed by atoms with Gasteiger partial charge < -0.3 is 9.79 Å². The highest BCUT2D eigenvalue weighted by Gasteiger charge is 2.34. The molecule has 2 N–H and O–H groups in total. The molecule has 3 nitrogen and oxygen atoms in total. The van der Waals surface area contributed by atoms with Crippen molar-refractivity contribution in [3.8, 4) is 0 Å². The van der Waals surface area contributed by atoms with Crippen LogP contribution in [0, 0.1) is 0 Å². The number of benzene rings is 1. The summed E-state index contributed by atoms with van der Waals surface area (Å²) in [6, 6.07) is 8.71. The molecule has 0 aliphatic heterocycles. The van der Waals surface area contributed by atoms with E-state index < -0.39 is 14.9 Å². The van der Waals surface area contributed by atoms with E-state index in [0.717, 1.165) is 0 Å². The Labute approximate surface area is 175 Å². The molecule has 0 aliphatic rings. The monoisotopic (exact) mass is 431 g/mol. The van der Waals surface area contributed by atoms with Crippen LogP contribution in [0.2, 0.25) is 0 Å². The average molecular weight is 432 g/mol. The lowest BCUT2D eigenvalue weighted by Crippen LogP contribution is -2.12. The van der Waals surface area contributed by atoms with E-state index in [-0.39, 0.29) is 6.16 Å². The fourth-order valence-electron chi connectivity index (χ4n) is 3.47. The van der Waals surface area contributed by atoms with E-state index in [0.29, 0.717) is 5.56 Å². The van der Waals surface area contributed by atoms with E-state index in [9.17, 15) is 4.57 Å². The van der Waals surface area contributed by atoms with Crippen molar-refractivity contribution in [1.82, 2.24) is 0 Å². The first-order valence-electron chi connectivity index (χ1n) is 11.3. The van der Waals surface area contributed by atoms with Crippen molar-refractivity contribution in [2.24, 2.45) is 0 Å². The Bertz CT molecular complexity index is 476. The van der Waals surface area contributed by atoms with Gasteiger partial charge in [-0.1, -0.05) is 83.7 Å². The minimum absolute atomic E-state index is 0.173. The fraction of sp³-hybridized carbons (Fsp3) is 0.739. The van der Waals surface area contributed by atoms with Crippen LogP contribution in [0.1, 0.15) is 84.6 Å². The molecule has 0 fully saturated rings. The lowest BCUT2D eigenvalue weighted by atomic mass is 10.2. The zero-order chi connectivity index (χ0) is 21.3. The Morgan fingerprint density at radius 2 is 1.07 bits per heavy atom. The maximum atomic E-state index is 10.5. The van der Waals surface area contributed by atoms with Crippen molar-refractivity contribution in [2.75, 3.05) is 24.6 Å². The molecular formula is C23H45O3P2+. The van der Waals surface area contributed by atoms with Gasteiger partial charge in [0.15, 0.2) is 0 Å². The SMILES string of the molecule is CCCC[P+](CCCC)(CCCC)CCCC.O=P(O)(O)Cc1ccccc1. The Morgan fingerprint density at radius 1 is 0.714 bits per heavy atom. The van der Waals surface area contributed by atoms with Gasteiger partial charge in [-0.05, 0) is 31.2 Å². The highest BCUT2D eigenvalue weighted by molar-refractivity contribution is 7.75. The molecular weight excluding hydrogens is 386 g/mol. The predicted molar refractivity (Wildman–Crippen MR) is 128 cm³/mol. The summed E-state index contributed by atoms with van der Waals surface area (Å²) in [4.78, 5) is 17.2. The van der Waals surface area contributed by atoms with Gasteiger partial charge in [-0.25, -0.2) is 0 Å². The number of hydrogen-bond acceptors (Lipinski definition) is 1. The van der Waals surface area contributed by atoms with E-state index in [1.807, 2.05) is 6.07 Å². The van der Waals surface area contributed by atoms with Crippen molar-refractivity contribution >= 4 is 14.9 Å². The van der Waals surface area contributed by atoms with Gasteiger partial charge in [0.1, 0.15) is 0 Å². The maximum absolute atomic E-state index is 10.5. The van der Waals surface area contributed by atoms with Crippen LogP contribution in [-0.4, -0.2) is 34.4 Å². The van der Waals surface area contributed by atoms with Gasteiger partial charge in [0.2, 0.25) is 0 Å². The molecule has 1 rings (SSSR count). The summed E-state index contributed by atoms with van der Waals surface area (Å²) in [5.41, 5.74) is 0.667. The Hall–Kier alpha value is -0.200. The third kappa shape index (κ3) is 14.7. The van der Waals surface area contributed by atoms with E-state index in [1.165, 1.54) is 51.4 Å². The van der Waals surface area contributed by atoms with E-state index >= 15 is 0 Å². The van der Waals surface area contributed by atoms with E-state index in [1.54, 1.807) is 48.9 Å². The standard InChI is InChI=1S/C16H36P.C7H9O3P/c1-5-9-13-17(14-10-6-2,15-11-7-3)16-12-8-4;8-11(9,10)6-7-4-2-1-3-5-7/h5-16H2,1-4H3;1-5H,6H2,(H2,8,9,10)/q+1;. The molecule has 0 amide bonds. The molecule has 164 valence electrons. The van der Waals surface area contributed by atoms with Crippen LogP contribution in [-0.2, 0) is 10.7 Å². The Balaban J connectivity index is 0.000000567. The molecule has 0 saturated heterocycles. The van der Waals surface area contributed by atoms with Crippen LogP contribution in [0.15, 0.2) is 30.3 Å². The Morgan fingerprint density at radius 3 is 1.36 bits per heavy atom. The van der Waals surface area contributed by atoms with E-state index in [4.69, 9.17) is 9.79 Å². The van der Waals surface area contributed by atoms with Gasteiger partial charge in [0, 0.05) is 7.26 Å². The summed E-state index contributed by atoms with van der Waals surface area (Å²) in [7, 11) is -4.45. The van der Waals surface area contributed by atoms with E-state index in [2.05, 4.69) is 27.7 Å². The zero-order valence-electron chi connectivity index (χ0n) is 18.8. The van der Waals surface area contributed by atoms with Crippen LogP contribution < -0.4 is 0 Å². The molecule has 1 aromatic rings. The van der Waals surface area contributed by atoms with Gasteiger partial charge in [0.25, 0.3) is 0 Å². The van der Waals surface area contributed by atoms with Crippen molar-refractivity contribution < 1.29 is 14.4 Å².